The molecule has 1 aliphatic carbocycles. The number of hydrogen-bond donors (Lipinski definition) is 1. The number of aliphatic hydroxyl groups excluding tert-OH is 1. The van der Waals surface area contributed by atoms with Gasteiger partial charge in [0, 0.05) is 5.92 Å². The second-order valence-corrected chi connectivity index (χ2v) is 3.72. The summed E-state index contributed by atoms with van der Waals surface area (Å²) in [7, 11) is 0. The Morgan fingerprint density at radius 3 is 2.85 bits per heavy atom. The summed E-state index contributed by atoms with van der Waals surface area (Å²) in [5, 5.41) is 9.89. The summed E-state index contributed by atoms with van der Waals surface area (Å²) >= 11 is 0. The molecule has 1 aliphatic rings. The lowest BCUT2D eigenvalue weighted by molar-refractivity contribution is 0.132. The average molecular weight is 180 g/mol. The molecule has 0 amide bonds. The van der Waals surface area contributed by atoms with Gasteiger partial charge in [-0.05, 0) is 12.8 Å². The molecule has 74 valence electrons. The topological polar surface area (TPSA) is 20.2 Å². The Balaban J connectivity index is 2.42. The van der Waals surface area contributed by atoms with E-state index in [4.69, 9.17) is 0 Å². The van der Waals surface area contributed by atoms with Gasteiger partial charge in [-0.15, -0.1) is 0 Å². The van der Waals surface area contributed by atoms with Gasteiger partial charge in [-0.2, -0.15) is 0 Å². The van der Waals surface area contributed by atoms with Gasteiger partial charge in [-0.3, -0.25) is 0 Å². The van der Waals surface area contributed by atoms with Gasteiger partial charge in [-0.25, -0.2) is 0 Å². The van der Waals surface area contributed by atoms with Crippen molar-refractivity contribution in [3.8, 4) is 0 Å². The van der Waals surface area contributed by atoms with E-state index in [1.165, 1.54) is 12.0 Å². The average Bonchev–Trinajstić information content (AvgIpc) is 2.61. The number of allylic oxidation sites excluding steroid dienone is 2. The molecule has 0 spiro atoms. The Labute approximate surface area is 81.2 Å². The molecule has 0 fully saturated rings. The third kappa shape index (κ3) is 2.70. The smallest absolute Gasteiger partial charge is 0.0640 e. The fraction of sp³-hybridized carbons (Fsp3) is 0.667. The predicted octanol–water partition coefficient (Wildman–Crippen LogP) is 3.06. The van der Waals surface area contributed by atoms with E-state index < -0.39 is 0 Å². The van der Waals surface area contributed by atoms with Crippen LogP contribution >= 0.6 is 0 Å². The van der Waals surface area contributed by atoms with Crippen LogP contribution in [0.3, 0.4) is 0 Å². The van der Waals surface area contributed by atoms with Crippen LogP contribution in [0, 0.1) is 5.92 Å². The van der Waals surface area contributed by atoms with Gasteiger partial charge in [-0.1, -0.05) is 50.5 Å². The first-order valence-corrected chi connectivity index (χ1v) is 5.34. The first-order chi connectivity index (χ1) is 6.29. The lowest BCUT2D eigenvalue weighted by Crippen LogP contribution is -2.18. The maximum atomic E-state index is 9.89. The highest BCUT2D eigenvalue weighted by molar-refractivity contribution is 5.28. The minimum absolute atomic E-state index is 0.162. The van der Waals surface area contributed by atoms with Gasteiger partial charge in [0.1, 0.15) is 0 Å². The van der Waals surface area contributed by atoms with Crippen molar-refractivity contribution in [2.45, 2.75) is 45.6 Å². The van der Waals surface area contributed by atoms with Crippen molar-refractivity contribution >= 4 is 0 Å². The second-order valence-electron chi connectivity index (χ2n) is 3.72. The molecule has 0 aromatic rings. The Hall–Kier alpha value is -0.560. The molecule has 0 heterocycles. The van der Waals surface area contributed by atoms with Gasteiger partial charge in [0.05, 0.1) is 6.10 Å². The van der Waals surface area contributed by atoms with E-state index in [1.54, 1.807) is 0 Å². The van der Waals surface area contributed by atoms with Crippen LogP contribution in [0.15, 0.2) is 23.8 Å². The zero-order chi connectivity index (χ0) is 9.68. The molecule has 0 radical (unpaired) electrons. The molecule has 13 heavy (non-hydrogen) atoms. The third-order valence-electron chi connectivity index (χ3n) is 2.73. The van der Waals surface area contributed by atoms with Gasteiger partial charge >= 0.3 is 0 Å². The fourth-order valence-corrected chi connectivity index (χ4v) is 1.86. The van der Waals surface area contributed by atoms with Crippen molar-refractivity contribution in [2.24, 2.45) is 5.92 Å². The molecular weight excluding hydrogens is 160 g/mol. The van der Waals surface area contributed by atoms with Crippen LogP contribution in [0.2, 0.25) is 0 Å². The molecule has 2 unspecified atom stereocenters. The highest BCUT2D eigenvalue weighted by Gasteiger charge is 2.20. The van der Waals surface area contributed by atoms with E-state index in [1.807, 2.05) is 0 Å². The van der Waals surface area contributed by atoms with Gasteiger partial charge in [0.2, 0.25) is 0 Å². The van der Waals surface area contributed by atoms with Crippen molar-refractivity contribution in [2.75, 3.05) is 0 Å². The molecule has 1 heteroatoms. The van der Waals surface area contributed by atoms with Crippen molar-refractivity contribution in [1.29, 1.82) is 0 Å². The second kappa shape index (κ2) is 5.23. The normalized spacial score (nSPS) is 23.3. The van der Waals surface area contributed by atoms with E-state index in [0.29, 0.717) is 5.92 Å². The van der Waals surface area contributed by atoms with E-state index >= 15 is 0 Å². The predicted molar refractivity (Wildman–Crippen MR) is 56.5 cm³/mol. The Morgan fingerprint density at radius 1 is 1.46 bits per heavy atom. The molecule has 0 bridgehead atoms. The van der Waals surface area contributed by atoms with Crippen molar-refractivity contribution in [1.82, 2.24) is 0 Å². The molecule has 0 saturated heterocycles. The molecule has 1 N–H and O–H groups in total. The SMILES string of the molecule is CCCCC(O)C1C=CC=C1CC. The van der Waals surface area contributed by atoms with Crippen LogP contribution in [0.25, 0.3) is 0 Å². The van der Waals surface area contributed by atoms with Crippen LogP contribution < -0.4 is 0 Å². The first kappa shape index (κ1) is 10.5. The van der Waals surface area contributed by atoms with Crippen molar-refractivity contribution in [3.63, 3.8) is 0 Å². The highest BCUT2D eigenvalue weighted by Crippen LogP contribution is 2.27. The first-order valence-electron chi connectivity index (χ1n) is 5.34. The molecule has 0 aliphatic heterocycles. The Morgan fingerprint density at radius 2 is 2.23 bits per heavy atom. The molecule has 1 rings (SSSR count). The number of unbranched alkanes of at least 4 members (excludes halogenated alkanes) is 1. The maximum absolute atomic E-state index is 9.89. The zero-order valence-electron chi connectivity index (χ0n) is 8.66. The van der Waals surface area contributed by atoms with Gasteiger partial charge < -0.3 is 5.11 Å². The van der Waals surface area contributed by atoms with E-state index in [-0.39, 0.29) is 6.10 Å². The minimum Gasteiger partial charge on any atom is -0.392 e. The lowest BCUT2D eigenvalue weighted by atomic mass is 9.91. The Kier molecular flexibility index (Phi) is 4.23. The maximum Gasteiger partial charge on any atom is 0.0640 e. The molecule has 0 saturated carbocycles. The minimum atomic E-state index is -0.162. The zero-order valence-corrected chi connectivity index (χ0v) is 8.66. The van der Waals surface area contributed by atoms with Crippen molar-refractivity contribution in [3.05, 3.63) is 23.8 Å². The Bertz CT molecular complexity index is 203. The van der Waals surface area contributed by atoms with Gasteiger partial charge in [0.15, 0.2) is 0 Å². The van der Waals surface area contributed by atoms with Crippen LogP contribution in [-0.2, 0) is 0 Å². The lowest BCUT2D eigenvalue weighted by Gasteiger charge is -2.19. The quantitative estimate of drug-likeness (QED) is 0.689. The standard InChI is InChI=1S/C12H20O/c1-3-5-9-12(13)11-8-6-7-10(11)4-2/h6-8,11-13H,3-5,9H2,1-2H3. The number of hydrogen-bond acceptors (Lipinski definition) is 1. The number of aliphatic hydroxyl groups is 1. The fourth-order valence-electron chi connectivity index (χ4n) is 1.86. The molecule has 1 nitrogen and oxygen atoms in total. The summed E-state index contributed by atoms with van der Waals surface area (Å²) in [5.74, 6) is 0.302. The summed E-state index contributed by atoms with van der Waals surface area (Å²) in [6.45, 7) is 4.31. The van der Waals surface area contributed by atoms with Gasteiger partial charge in [0.25, 0.3) is 0 Å². The third-order valence-corrected chi connectivity index (χ3v) is 2.73. The molecule has 0 aromatic carbocycles. The van der Waals surface area contributed by atoms with E-state index in [9.17, 15) is 5.11 Å². The molecule has 2 atom stereocenters. The summed E-state index contributed by atoms with van der Waals surface area (Å²) in [6.07, 6.45) is 10.5. The van der Waals surface area contributed by atoms with E-state index in [0.717, 1.165) is 19.3 Å². The highest BCUT2D eigenvalue weighted by atomic mass is 16.3. The monoisotopic (exact) mass is 180 g/mol. The largest absolute Gasteiger partial charge is 0.392 e. The summed E-state index contributed by atoms with van der Waals surface area (Å²) in [6, 6.07) is 0. The van der Waals surface area contributed by atoms with Crippen LogP contribution in [0.5, 0.6) is 0 Å². The summed E-state index contributed by atoms with van der Waals surface area (Å²) < 4.78 is 0. The van der Waals surface area contributed by atoms with Crippen LogP contribution in [-0.4, -0.2) is 11.2 Å². The van der Waals surface area contributed by atoms with Crippen molar-refractivity contribution < 1.29 is 5.11 Å². The van der Waals surface area contributed by atoms with Crippen LogP contribution in [0.4, 0.5) is 0 Å². The number of rotatable bonds is 5. The van der Waals surface area contributed by atoms with Crippen LogP contribution in [0.1, 0.15) is 39.5 Å². The summed E-state index contributed by atoms with van der Waals surface area (Å²) in [4.78, 5) is 0. The molecular formula is C12H20O. The molecule has 0 aromatic heterocycles. The van der Waals surface area contributed by atoms with E-state index in [2.05, 4.69) is 32.1 Å². The summed E-state index contributed by atoms with van der Waals surface area (Å²) in [5.41, 5.74) is 1.38.